The predicted octanol–water partition coefficient (Wildman–Crippen LogP) is -0.811. The van der Waals surface area contributed by atoms with Gasteiger partial charge in [0.25, 0.3) is 0 Å². The minimum atomic E-state index is -0.0440. The van der Waals surface area contributed by atoms with Gasteiger partial charge >= 0.3 is 0 Å². The molecule has 0 bridgehead atoms. The molecule has 82 valence electrons. The summed E-state index contributed by atoms with van der Waals surface area (Å²) in [4.78, 5) is 18.5. The number of nitrogens with two attached hydrogens (primary N) is 2. The highest BCUT2D eigenvalue weighted by atomic mass is 16.1. The second-order valence-electron chi connectivity index (χ2n) is 2.89. The molecule has 0 aliphatic carbocycles. The molecule has 0 radical (unpaired) electrons. The first-order valence-electron chi connectivity index (χ1n) is 4.46. The number of hydrogen-bond acceptors (Lipinski definition) is 6. The molecule has 0 saturated heterocycles. The highest BCUT2D eigenvalue weighted by Gasteiger charge is 2.00. The molecule has 1 aromatic rings. The Morgan fingerprint density at radius 3 is 2.80 bits per heavy atom. The number of rotatable bonds is 4. The van der Waals surface area contributed by atoms with Gasteiger partial charge in [-0.1, -0.05) is 0 Å². The summed E-state index contributed by atoms with van der Waals surface area (Å²) in [6.45, 7) is 0.468. The zero-order chi connectivity index (χ0) is 11.3. The summed E-state index contributed by atoms with van der Waals surface area (Å²) in [5, 5.41) is 5.43. The largest absolute Gasteiger partial charge is 0.383 e. The molecule has 15 heavy (non-hydrogen) atoms. The molecule has 0 aromatic carbocycles. The Morgan fingerprint density at radius 1 is 1.47 bits per heavy atom. The van der Waals surface area contributed by atoms with E-state index in [-0.39, 0.29) is 11.9 Å². The number of nitrogen functional groups attached to an aromatic ring is 2. The van der Waals surface area contributed by atoms with Crippen molar-refractivity contribution < 1.29 is 4.79 Å². The fourth-order valence-corrected chi connectivity index (χ4v) is 1.00. The number of carbonyl (C=O) groups is 1. The van der Waals surface area contributed by atoms with Crippen LogP contribution in [-0.2, 0) is 4.79 Å². The van der Waals surface area contributed by atoms with Crippen molar-refractivity contribution in [3.05, 3.63) is 6.07 Å². The van der Waals surface area contributed by atoms with Crippen LogP contribution < -0.4 is 22.1 Å². The van der Waals surface area contributed by atoms with Crippen LogP contribution in [0.5, 0.6) is 0 Å². The highest BCUT2D eigenvalue weighted by molar-refractivity contribution is 5.76. The Morgan fingerprint density at radius 2 is 2.20 bits per heavy atom. The smallest absolute Gasteiger partial charge is 0.223 e. The minimum absolute atomic E-state index is 0.0440. The Labute approximate surface area is 87.3 Å². The van der Waals surface area contributed by atoms with Crippen LogP contribution in [0.25, 0.3) is 0 Å². The molecule has 1 amide bonds. The van der Waals surface area contributed by atoms with E-state index in [1.807, 2.05) is 0 Å². The average molecular weight is 210 g/mol. The van der Waals surface area contributed by atoms with Crippen LogP contribution in [0.15, 0.2) is 6.07 Å². The third-order valence-corrected chi connectivity index (χ3v) is 1.70. The third kappa shape index (κ3) is 3.67. The molecule has 1 rings (SSSR count). The van der Waals surface area contributed by atoms with Crippen LogP contribution >= 0.6 is 0 Å². The van der Waals surface area contributed by atoms with Crippen molar-refractivity contribution in [2.45, 2.75) is 6.42 Å². The molecular formula is C8H14N6O. The van der Waals surface area contributed by atoms with E-state index in [0.29, 0.717) is 24.6 Å². The molecule has 1 heterocycles. The van der Waals surface area contributed by atoms with Crippen molar-refractivity contribution in [1.29, 1.82) is 0 Å². The lowest BCUT2D eigenvalue weighted by molar-refractivity contribution is -0.120. The molecule has 7 nitrogen and oxygen atoms in total. The molecule has 7 heteroatoms. The molecule has 0 saturated carbocycles. The van der Waals surface area contributed by atoms with Gasteiger partial charge in [0.05, 0.1) is 0 Å². The van der Waals surface area contributed by atoms with Crippen molar-refractivity contribution in [2.24, 2.45) is 0 Å². The fraction of sp³-hybridized carbons (Fsp3) is 0.375. The first kappa shape index (κ1) is 11.0. The lowest BCUT2D eigenvalue weighted by Gasteiger charge is -2.05. The maximum absolute atomic E-state index is 10.9. The van der Waals surface area contributed by atoms with E-state index >= 15 is 0 Å². The summed E-state index contributed by atoms with van der Waals surface area (Å²) in [6.07, 6.45) is 0.361. The van der Waals surface area contributed by atoms with Crippen LogP contribution in [0.4, 0.5) is 17.6 Å². The van der Waals surface area contributed by atoms with E-state index in [1.54, 1.807) is 13.1 Å². The number of amides is 1. The van der Waals surface area contributed by atoms with Crippen molar-refractivity contribution in [3.8, 4) is 0 Å². The second-order valence-corrected chi connectivity index (χ2v) is 2.89. The maximum Gasteiger partial charge on any atom is 0.223 e. The number of nitrogens with zero attached hydrogens (tertiary/aromatic N) is 2. The molecule has 1 aromatic heterocycles. The molecular weight excluding hydrogens is 196 g/mol. The van der Waals surface area contributed by atoms with Gasteiger partial charge in [0.15, 0.2) is 0 Å². The van der Waals surface area contributed by atoms with Crippen molar-refractivity contribution in [2.75, 3.05) is 30.4 Å². The molecule has 0 atom stereocenters. The van der Waals surface area contributed by atoms with Gasteiger partial charge in [-0.2, -0.15) is 9.97 Å². The minimum Gasteiger partial charge on any atom is -0.383 e. The van der Waals surface area contributed by atoms with Gasteiger partial charge in [-0.3, -0.25) is 4.79 Å². The van der Waals surface area contributed by atoms with Crippen molar-refractivity contribution in [3.63, 3.8) is 0 Å². The van der Waals surface area contributed by atoms with Crippen LogP contribution in [0.1, 0.15) is 6.42 Å². The van der Waals surface area contributed by atoms with Crippen LogP contribution in [0.3, 0.4) is 0 Å². The second kappa shape index (κ2) is 4.99. The molecule has 6 N–H and O–H groups in total. The van der Waals surface area contributed by atoms with Gasteiger partial charge in [0, 0.05) is 26.1 Å². The molecule has 0 aliphatic rings. The van der Waals surface area contributed by atoms with Crippen molar-refractivity contribution >= 4 is 23.5 Å². The van der Waals surface area contributed by atoms with Gasteiger partial charge < -0.3 is 22.1 Å². The summed E-state index contributed by atoms with van der Waals surface area (Å²) in [5.74, 6) is 0.879. The first-order chi connectivity index (χ1) is 7.11. The lowest BCUT2D eigenvalue weighted by Crippen LogP contribution is -2.21. The molecule has 0 fully saturated rings. The summed E-state index contributed by atoms with van der Waals surface area (Å²) in [6, 6.07) is 1.56. The van der Waals surface area contributed by atoms with E-state index in [9.17, 15) is 4.79 Å². The Balaban J connectivity index is 2.47. The summed E-state index contributed by atoms with van der Waals surface area (Å²) >= 11 is 0. The van der Waals surface area contributed by atoms with E-state index in [1.165, 1.54) is 0 Å². The van der Waals surface area contributed by atoms with Gasteiger partial charge in [-0.05, 0) is 0 Å². The average Bonchev–Trinajstić information content (AvgIpc) is 2.16. The molecule has 0 spiro atoms. The van der Waals surface area contributed by atoms with Crippen LogP contribution in [0, 0.1) is 0 Å². The zero-order valence-electron chi connectivity index (χ0n) is 8.45. The summed E-state index contributed by atoms with van der Waals surface area (Å²) in [7, 11) is 1.59. The number of hydrogen-bond donors (Lipinski definition) is 4. The standard InChI is InChI=1S/C8H14N6O/c1-11-7(15)2-3-12-6-4-5(9)13-8(10)14-6/h4H,2-3H2,1H3,(H,11,15)(H5,9,10,12,13,14). The number of carbonyl (C=O) groups excluding carboxylic acids is 1. The Kier molecular flexibility index (Phi) is 3.67. The monoisotopic (exact) mass is 210 g/mol. The lowest BCUT2D eigenvalue weighted by atomic mass is 10.4. The van der Waals surface area contributed by atoms with E-state index < -0.39 is 0 Å². The van der Waals surface area contributed by atoms with Gasteiger partial charge in [-0.15, -0.1) is 0 Å². The SMILES string of the molecule is CNC(=O)CCNc1cc(N)nc(N)n1. The van der Waals surface area contributed by atoms with Gasteiger partial charge in [0.2, 0.25) is 11.9 Å². The van der Waals surface area contributed by atoms with Crippen LogP contribution in [0.2, 0.25) is 0 Å². The Bertz CT molecular complexity index is 333. The number of nitrogens with one attached hydrogen (secondary N) is 2. The van der Waals surface area contributed by atoms with E-state index in [0.717, 1.165) is 0 Å². The van der Waals surface area contributed by atoms with Gasteiger partial charge in [-0.25, -0.2) is 0 Å². The normalized spacial score (nSPS) is 9.67. The van der Waals surface area contributed by atoms with Crippen molar-refractivity contribution in [1.82, 2.24) is 15.3 Å². The van der Waals surface area contributed by atoms with E-state index in [4.69, 9.17) is 11.5 Å². The third-order valence-electron chi connectivity index (χ3n) is 1.70. The highest BCUT2D eigenvalue weighted by Crippen LogP contribution is 2.08. The number of anilines is 3. The zero-order valence-corrected chi connectivity index (χ0v) is 8.45. The van der Waals surface area contributed by atoms with Gasteiger partial charge in [0.1, 0.15) is 11.6 Å². The molecule has 0 unspecified atom stereocenters. The number of aromatic nitrogens is 2. The first-order valence-corrected chi connectivity index (χ1v) is 4.46. The van der Waals surface area contributed by atoms with Crippen LogP contribution in [-0.4, -0.2) is 29.5 Å². The summed E-state index contributed by atoms with van der Waals surface area (Å²) in [5.41, 5.74) is 10.9. The quantitative estimate of drug-likeness (QED) is 0.516. The Hall–Kier alpha value is -2.05. The summed E-state index contributed by atoms with van der Waals surface area (Å²) < 4.78 is 0. The van der Waals surface area contributed by atoms with E-state index in [2.05, 4.69) is 20.6 Å². The maximum atomic E-state index is 10.9. The predicted molar refractivity (Wildman–Crippen MR) is 58.0 cm³/mol. The molecule has 0 aliphatic heterocycles. The topological polar surface area (TPSA) is 119 Å². The fourth-order valence-electron chi connectivity index (χ4n) is 1.00.